The lowest BCUT2D eigenvalue weighted by molar-refractivity contribution is -0.152. The van der Waals surface area contributed by atoms with Gasteiger partial charge in [-0.05, 0) is 65.2 Å². The van der Waals surface area contributed by atoms with Gasteiger partial charge in [0.1, 0.15) is 24.8 Å². The van der Waals surface area contributed by atoms with Gasteiger partial charge in [0.25, 0.3) is 0 Å². The predicted molar refractivity (Wildman–Crippen MR) is 137 cm³/mol. The van der Waals surface area contributed by atoms with Crippen molar-refractivity contribution < 1.29 is 33.4 Å². The van der Waals surface area contributed by atoms with Crippen molar-refractivity contribution in [3.05, 3.63) is 0 Å². The van der Waals surface area contributed by atoms with Crippen molar-refractivity contribution in [3.8, 4) is 0 Å². The molecule has 4 atom stereocenters. The van der Waals surface area contributed by atoms with Crippen LogP contribution in [-0.2, 0) is 33.4 Å². The molecule has 0 aliphatic rings. The Kier molecular flexibility index (Phi) is 19.4. The Labute approximate surface area is 213 Å². The van der Waals surface area contributed by atoms with Gasteiger partial charge in [0.05, 0.1) is 25.0 Å². The number of hydrogen-bond acceptors (Lipinski definition) is 7. The fraction of sp³-hybridized carbons (Fsp3) is 0.857. The van der Waals surface area contributed by atoms with E-state index >= 15 is 0 Å². The van der Waals surface area contributed by atoms with Crippen molar-refractivity contribution in [2.24, 2.45) is 23.7 Å². The Balaban J connectivity index is 4.02. The van der Waals surface area contributed by atoms with E-state index in [1.165, 1.54) is 0 Å². The van der Waals surface area contributed by atoms with Crippen molar-refractivity contribution in [1.29, 1.82) is 0 Å². The first kappa shape index (κ1) is 33.2. The van der Waals surface area contributed by atoms with E-state index in [2.05, 4.69) is 0 Å². The number of ketones is 2. The predicted octanol–water partition coefficient (Wildman–Crippen LogP) is 5.71. The topological polar surface area (TPSA) is 96.0 Å². The van der Waals surface area contributed by atoms with Gasteiger partial charge in [-0.3, -0.25) is 19.2 Å². The number of carbonyl (C=O) groups excluding carboxylic acids is 4. The summed E-state index contributed by atoms with van der Waals surface area (Å²) < 4.78 is 16.1. The summed E-state index contributed by atoms with van der Waals surface area (Å²) in [7, 11) is 0. The maximum atomic E-state index is 12.3. The highest BCUT2D eigenvalue weighted by atomic mass is 16.6. The second kappa shape index (κ2) is 20.4. The van der Waals surface area contributed by atoms with Crippen LogP contribution in [0.1, 0.15) is 106 Å². The number of carbonyl (C=O) groups is 4. The van der Waals surface area contributed by atoms with Crippen LogP contribution >= 0.6 is 0 Å². The summed E-state index contributed by atoms with van der Waals surface area (Å²) in [5.41, 5.74) is 0. The molecule has 7 nitrogen and oxygen atoms in total. The van der Waals surface area contributed by atoms with Crippen LogP contribution in [0.3, 0.4) is 0 Å². The number of Topliss-reactive ketones (excluding diaryl/α,β-unsaturated/α-hetero) is 2. The summed E-state index contributed by atoms with van der Waals surface area (Å²) in [6.07, 6.45) is 7.83. The van der Waals surface area contributed by atoms with Gasteiger partial charge in [0, 0.05) is 11.8 Å². The van der Waals surface area contributed by atoms with E-state index in [1.807, 2.05) is 27.7 Å². The van der Waals surface area contributed by atoms with Crippen LogP contribution in [0.4, 0.5) is 0 Å². The summed E-state index contributed by atoms with van der Waals surface area (Å²) in [4.78, 5) is 47.7. The zero-order chi connectivity index (χ0) is 26.6. The number of hydrogen-bond donors (Lipinski definition) is 0. The third-order valence-electron chi connectivity index (χ3n) is 6.94. The number of ether oxygens (including phenoxy) is 3. The third-order valence-corrected chi connectivity index (χ3v) is 6.94. The fourth-order valence-electron chi connectivity index (χ4n) is 4.33. The zero-order valence-corrected chi connectivity index (χ0v) is 23.1. The van der Waals surface area contributed by atoms with Crippen molar-refractivity contribution >= 4 is 23.5 Å². The quantitative estimate of drug-likeness (QED) is 0.139. The van der Waals surface area contributed by atoms with E-state index in [1.54, 1.807) is 13.8 Å². The fourth-order valence-corrected chi connectivity index (χ4v) is 4.33. The minimum Gasteiger partial charge on any atom is -0.463 e. The molecule has 7 heteroatoms. The summed E-state index contributed by atoms with van der Waals surface area (Å²) in [6.45, 7) is 12.1. The summed E-state index contributed by atoms with van der Waals surface area (Å²) in [5.74, 6) is -0.170. The van der Waals surface area contributed by atoms with Gasteiger partial charge >= 0.3 is 11.9 Å². The van der Waals surface area contributed by atoms with E-state index < -0.39 is 0 Å². The molecule has 204 valence electrons. The normalized spacial score (nSPS) is 14.6. The minimum absolute atomic E-state index is 0.0822. The Bertz CT molecular complexity index is 564. The summed E-state index contributed by atoms with van der Waals surface area (Å²) in [6, 6.07) is 0. The van der Waals surface area contributed by atoms with Crippen molar-refractivity contribution in [3.63, 3.8) is 0 Å². The molecule has 0 aliphatic carbocycles. The molecule has 0 saturated carbocycles. The molecule has 0 aromatic rings. The molecular formula is C28H50O7. The first-order chi connectivity index (χ1) is 16.7. The van der Waals surface area contributed by atoms with Crippen LogP contribution in [0.5, 0.6) is 0 Å². The standard InChI is InChI=1S/C28H50O7/c1-7-23(21(5)29)13-11-15-25(9-3)27(31)34-19-17-33-18-20-35-28(32)26(10-4)16-12-14-24(8-2)22(6)30/h23-26H,7-20H2,1-6H3. The summed E-state index contributed by atoms with van der Waals surface area (Å²) in [5, 5.41) is 0. The van der Waals surface area contributed by atoms with E-state index in [-0.39, 0.29) is 73.6 Å². The van der Waals surface area contributed by atoms with Crippen molar-refractivity contribution in [2.75, 3.05) is 26.4 Å². The van der Waals surface area contributed by atoms with Crippen LogP contribution in [0.2, 0.25) is 0 Å². The molecule has 0 aromatic carbocycles. The molecule has 0 fully saturated rings. The zero-order valence-electron chi connectivity index (χ0n) is 23.1. The molecule has 35 heavy (non-hydrogen) atoms. The lowest BCUT2D eigenvalue weighted by Crippen LogP contribution is -2.22. The van der Waals surface area contributed by atoms with Crippen LogP contribution in [-0.4, -0.2) is 49.9 Å². The van der Waals surface area contributed by atoms with E-state index in [0.717, 1.165) is 51.4 Å². The van der Waals surface area contributed by atoms with Crippen LogP contribution < -0.4 is 0 Å². The number of rotatable bonds is 22. The maximum Gasteiger partial charge on any atom is 0.308 e. The molecular weight excluding hydrogens is 448 g/mol. The molecule has 0 aliphatic heterocycles. The maximum absolute atomic E-state index is 12.3. The minimum atomic E-state index is -0.223. The molecule has 0 heterocycles. The van der Waals surface area contributed by atoms with Crippen LogP contribution in [0.25, 0.3) is 0 Å². The molecule has 0 rings (SSSR count). The monoisotopic (exact) mass is 498 g/mol. The molecule has 0 aromatic heterocycles. The van der Waals surface area contributed by atoms with E-state index in [0.29, 0.717) is 12.8 Å². The Morgan fingerprint density at radius 3 is 1.11 bits per heavy atom. The molecule has 0 saturated heterocycles. The van der Waals surface area contributed by atoms with Gasteiger partial charge in [-0.25, -0.2) is 0 Å². The highest BCUT2D eigenvalue weighted by molar-refractivity contribution is 5.78. The highest BCUT2D eigenvalue weighted by Gasteiger charge is 2.21. The van der Waals surface area contributed by atoms with Crippen LogP contribution in [0, 0.1) is 23.7 Å². The first-order valence-electron chi connectivity index (χ1n) is 13.6. The molecule has 0 spiro atoms. The molecule has 0 N–H and O–H groups in total. The Morgan fingerprint density at radius 1 is 0.514 bits per heavy atom. The van der Waals surface area contributed by atoms with E-state index in [9.17, 15) is 19.2 Å². The van der Waals surface area contributed by atoms with Gasteiger partial charge in [-0.1, -0.05) is 40.5 Å². The lowest BCUT2D eigenvalue weighted by atomic mass is 9.92. The molecule has 0 bridgehead atoms. The average molecular weight is 499 g/mol. The molecule has 4 unspecified atom stereocenters. The van der Waals surface area contributed by atoms with Crippen LogP contribution in [0.15, 0.2) is 0 Å². The van der Waals surface area contributed by atoms with Gasteiger partial charge in [0.2, 0.25) is 0 Å². The van der Waals surface area contributed by atoms with E-state index in [4.69, 9.17) is 14.2 Å². The summed E-state index contributed by atoms with van der Waals surface area (Å²) >= 11 is 0. The SMILES string of the molecule is CCC(CCCC(CC)C(=O)OCCOCCOC(=O)C(CC)CCCC(CC)C(C)=O)C(C)=O. The third kappa shape index (κ3) is 15.1. The largest absolute Gasteiger partial charge is 0.463 e. The molecule has 0 amide bonds. The van der Waals surface area contributed by atoms with Crippen molar-refractivity contribution in [2.45, 2.75) is 106 Å². The van der Waals surface area contributed by atoms with Gasteiger partial charge in [-0.2, -0.15) is 0 Å². The van der Waals surface area contributed by atoms with Gasteiger partial charge in [0.15, 0.2) is 0 Å². The molecule has 0 radical (unpaired) electrons. The second-order valence-electron chi connectivity index (χ2n) is 9.45. The highest BCUT2D eigenvalue weighted by Crippen LogP contribution is 2.21. The van der Waals surface area contributed by atoms with Crippen molar-refractivity contribution in [1.82, 2.24) is 0 Å². The average Bonchev–Trinajstić information content (AvgIpc) is 2.82. The Morgan fingerprint density at radius 2 is 0.829 bits per heavy atom. The lowest BCUT2D eigenvalue weighted by Gasteiger charge is -2.17. The van der Waals surface area contributed by atoms with Gasteiger partial charge < -0.3 is 14.2 Å². The van der Waals surface area contributed by atoms with Gasteiger partial charge in [-0.15, -0.1) is 0 Å². The smallest absolute Gasteiger partial charge is 0.308 e. The number of esters is 2. The second-order valence-corrected chi connectivity index (χ2v) is 9.45. The Hall–Kier alpha value is -1.76. The first-order valence-corrected chi connectivity index (χ1v) is 13.6.